The minimum atomic E-state index is -5.08. The number of ether oxygens (including phenoxy) is 1. The van der Waals surface area contributed by atoms with Crippen LogP contribution in [0.5, 0.6) is 0 Å². The van der Waals surface area contributed by atoms with E-state index in [0.29, 0.717) is 31.1 Å². The third-order valence-electron chi connectivity index (χ3n) is 5.23. The van der Waals surface area contributed by atoms with Gasteiger partial charge in [0.15, 0.2) is 6.61 Å². The van der Waals surface area contributed by atoms with Crippen LogP contribution >= 0.6 is 22.6 Å². The van der Waals surface area contributed by atoms with Gasteiger partial charge in [0, 0.05) is 3.42 Å². The molecule has 0 heterocycles. The summed E-state index contributed by atoms with van der Waals surface area (Å²) in [6, 6.07) is 0. The molecule has 5 nitrogen and oxygen atoms in total. The molecule has 0 spiro atoms. The summed E-state index contributed by atoms with van der Waals surface area (Å²) in [4.78, 5) is 12.5. The van der Waals surface area contributed by atoms with Crippen molar-refractivity contribution < 1.29 is 31.3 Å². The number of hydrogen-bond acceptors (Lipinski definition) is 5. The van der Waals surface area contributed by atoms with E-state index < -0.39 is 39.8 Å². The predicted octanol–water partition coefficient (Wildman–Crippen LogP) is 2.48. The van der Waals surface area contributed by atoms with Gasteiger partial charge in [0.1, 0.15) is 15.9 Å². The first-order valence-corrected chi connectivity index (χ1v) is 10.2. The highest BCUT2D eigenvalue weighted by Gasteiger charge is 2.60. The van der Waals surface area contributed by atoms with Gasteiger partial charge in [0.2, 0.25) is 0 Å². The van der Waals surface area contributed by atoms with Crippen molar-refractivity contribution in [3.8, 4) is 0 Å². The first-order valence-electron chi connectivity index (χ1n) is 7.58. The first kappa shape index (κ1) is 17.8. The van der Waals surface area contributed by atoms with E-state index in [2.05, 4.69) is 22.6 Å². The Kier molecular flexibility index (Phi) is 4.24. The molecule has 0 aromatic heterocycles. The fourth-order valence-electron chi connectivity index (χ4n) is 5.01. The molecule has 0 N–H and O–H groups in total. The molecular weight excluding hydrogens is 445 g/mol. The van der Waals surface area contributed by atoms with Gasteiger partial charge in [-0.3, -0.25) is 4.79 Å². The normalized spacial score (nSPS) is 39.5. The molecule has 4 aliphatic rings. The second kappa shape index (κ2) is 5.48. The second-order valence-electron chi connectivity index (χ2n) is 7.53. The number of esters is 1. The van der Waals surface area contributed by atoms with Crippen LogP contribution in [0.25, 0.3) is 0 Å². The topological polar surface area (TPSA) is 83.5 Å². The second-order valence-corrected chi connectivity index (χ2v) is 11.2. The fraction of sp³-hybridized carbons (Fsp3) is 0.929. The molecule has 2 unspecified atom stereocenters. The monoisotopic (exact) mass is 463 g/mol. The number of carbonyl (C=O) groups excluding carboxylic acids is 1. The van der Waals surface area contributed by atoms with Gasteiger partial charge in [-0.1, -0.05) is 22.6 Å². The third kappa shape index (κ3) is 3.81. The lowest BCUT2D eigenvalue weighted by Gasteiger charge is -2.58. The maximum atomic E-state index is 13.5. The van der Waals surface area contributed by atoms with Gasteiger partial charge >= 0.3 is 5.97 Å². The summed E-state index contributed by atoms with van der Waals surface area (Å²) in [7, 11) is -5.08. The molecule has 4 saturated carbocycles. The highest BCUT2D eigenvalue weighted by molar-refractivity contribution is 14.1. The molecule has 132 valence electrons. The average Bonchev–Trinajstić information content (AvgIpc) is 2.29. The molecule has 4 fully saturated rings. The number of halogens is 3. The molecule has 0 radical (unpaired) electrons. The Bertz CT molecular complexity index is 607. The first-order chi connectivity index (χ1) is 10.4. The minimum Gasteiger partial charge on any atom is -0.748 e. The lowest BCUT2D eigenvalue weighted by molar-refractivity contribution is -0.177. The molecule has 0 amide bonds. The number of carbonyl (C=O) groups is 1. The Morgan fingerprint density at radius 1 is 1.26 bits per heavy atom. The fourth-order valence-corrected chi connectivity index (χ4v) is 7.59. The minimum absolute atomic E-state index is 0.0434. The van der Waals surface area contributed by atoms with Gasteiger partial charge in [0.05, 0.1) is 5.41 Å². The van der Waals surface area contributed by atoms with Gasteiger partial charge in [-0.05, 0) is 50.4 Å². The van der Waals surface area contributed by atoms with Crippen LogP contribution < -0.4 is 0 Å². The molecule has 2 atom stereocenters. The molecule has 0 aromatic rings. The van der Waals surface area contributed by atoms with Crippen molar-refractivity contribution in [2.75, 3.05) is 12.4 Å². The SMILES string of the molecule is O=C(OCC(F)(F)CS(=O)(=O)[O-])C12CC3CC(CC(I)(C3)C1)C2. The molecular formula is C14H18F2IO5S-. The maximum Gasteiger partial charge on any atom is 0.312 e. The number of hydrogen-bond donors (Lipinski definition) is 0. The predicted molar refractivity (Wildman–Crippen MR) is 84.3 cm³/mol. The quantitative estimate of drug-likeness (QED) is 0.271. The van der Waals surface area contributed by atoms with Crippen molar-refractivity contribution in [3.05, 3.63) is 0 Å². The molecule has 9 heteroatoms. The molecule has 4 aliphatic carbocycles. The molecule has 4 bridgehead atoms. The van der Waals surface area contributed by atoms with E-state index in [9.17, 15) is 26.5 Å². The molecule has 23 heavy (non-hydrogen) atoms. The Labute approximate surface area is 147 Å². The van der Waals surface area contributed by atoms with Crippen molar-refractivity contribution in [1.82, 2.24) is 0 Å². The summed E-state index contributed by atoms with van der Waals surface area (Å²) in [5.41, 5.74) is -0.711. The summed E-state index contributed by atoms with van der Waals surface area (Å²) in [5.74, 6) is -5.48. The van der Waals surface area contributed by atoms with E-state index in [1.54, 1.807) is 0 Å². The van der Waals surface area contributed by atoms with Crippen molar-refractivity contribution in [1.29, 1.82) is 0 Å². The van der Waals surface area contributed by atoms with Crippen molar-refractivity contribution >= 4 is 38.7 Å². The number of rotatable bonds is 5. The Morgan fingerprint density at radius 2 is 1.83 bits per heavy atom. The average molecular weight is 463 g/mol. The van der Waals surface area contributed by atoms with Crippen LogP contribution in [0.2, 0.25) is 0 Å². The van der Waals surface area contributed by atoms with Crippen LogP contribution in [-0.2, 0) is 19.6 Å². The zero-order valence-electron chi connectivity index (χ0n) is 12.4. The van der Waals surface area contributed by atoms with Crippen LogP contribution in [-0.4, -0.2) is 40.6 Å². The van der Waals surface area contributed by atoms with Crippen LogP contribution in [0, 0.1) is 17.3 Å². The summed E-state index contributed by atoms with van der Waals surface area (Å²) in [6.45, 7) is -1.35. The lowest BCUT2D eigenvalue weighted by Crippen LogP contribution is -2.56. The Balaban J connectivity index is 1.67. The largest absolute Gasteiger partial charge is 0.748 e. The third-order valence-corrected chi connectivity index (χ3v) is 7.26. The molecule has 0 aromatic carbocycles. The zero-order valence-corrected chi connectivity index (χ0v) is 15.4. The summed E-state index contributed by atoms with van der Waals surface area (Å²) in [5, 5.41) is 0. The standard InChI is InChI=1S/C14H19F2IO5S/c15-14(16,8-23(19,20)21)7-22-11(18)12-2-9-1-10(3-12)5-13(17,4-9)6-12/h9-10H,1-8H2,(H,19,20,21)/p-1. The highest BCUT2D eigenvalue weighted by atomic mass is 127. The van der Waals surface area contributed by atoms with E-state index in [0.717, 1.165) is 19.3 Å². The zero-order chi connectivity index (χ0) is 17.1. The van der Waals surface area contributed by atoms with Gasteiger partial charge < -0.3 is 9.29 Å². The van der Waals surface area contributed by atoms with Crippen LogP contribution in [0.1, 0.15) is 38.5 Å². The lowest BCUT2D eigenvalue weighted by atomic mass is 9.49. The molecule has 0 aliphatic heterocycles. The van der Waals surface area contributed by atoms with E-state index >= 15 is 0 Å². The summed E-state index contributed by atoms with van der Waals surface area (Å²) in [6.07, 6.45) is 5.17. The smallest absolute Gasteiger partial charge is 0.312 e. The van der Waals surface area contributed by atoms with E-state index in [4.69, 9.17) is 4.74 Å². The highest BCUT2D eigenvalue weighted by Crippen LogP contribution is 2.64. The van der Waals surface area contributed by atoms with Gasteiger partial charge in [-0.25, -0.2) is 17.2 Å². The molecule has 0 saturated heterocycles. The van der Waals surface area contributed by atoms with Crippen LogP contribution in [0.4, 0.5) is 8.78 Å². The van der Waals surface area contributed by atoms with Crippen molar-refractivity contribution in [2.24, 2.45) is 17.3 Å². The van der Waals surface area contributed by atoms with E-state index in [-0.39, 0.29) is 3.42 Å². The van der Waals surface area contributed by atoms with E-state index in [1.165, 1.54) is 0 Å². The Morgan fingerprint density at radius 3 is 2.30 bits per heavy atom. The van der Waals surface area contributed by atoms with E-state index in [1.807, 2.05) is 0 Å². The van der Waals surface area contributed by atoms with Gasteiger partial charge in [0.25, 0.3) is 5.92 Å². The van der Waals surface area contributed by atoms with Crippen LogP contribution in [0.15, 0.2) is 0 Å². The number of alkyl halides is 3. The Hall–Kier alpha value is -0.0300. The van der Waals surface area contributed by atoms with Crippen molar-refractivity contribution in [2.45, 2.75) is 47.9 Å². The molecule has 4 rings (SSSR count). The summed E-state index contributed by atoms with van der Waals surface area (Å²) >= 11 is 2.40. The van der Waals surface area contributed by atoms with Crippen molar-refractivity contribution in [3.63, 3.8) is 0 Å². The van der Waals surface area contributed by atoms with Gasteiger partial charge in [-0.15, -0.1) is 0 Å². The summed E-state index contributed by atoms with van der Waals surface area (Å²) < 4.78 is 63.2. The van der Waals surface area contributed by atoms with Gasteiger partial charge in [-0.2, -0.15) is 0 Å². The van der Waals surface area contributed by atoms with Crippen LogP contribution in [0.3, 0.4) is 0 Å². The maximum absolute atomic E-state index is 13.5.